The summed E-state index contributed by atoms with van der Waals surface area (Å²) in [6.45, 7) is 7.13. The van der Waals surface area contributed by atoms with Crippen LogP contribution in [0.3, 0.4) is 0 Å². The molecule has 0 aliphatic carbocycles. The van der Waals surface area contributed by atoms with E-state index in [1.54, 1.807) is 0 Å². The topological polar surface area (TPSA) is 345 Å². The third kappa shape index (κ3) is 14.7. The van der Waals surface area contributed by atoms with Crippen LogP contribution in [0.2, 0.25) is 0 Å². The highest BCUT2D eigenvalue weighted by Crippen LogP contribution is 2.40. The second-order valence-electron chi connectivity index (χ2n) is 10.3. The molecule has 0 unspecified atom stereocenters. The SMILES string of the molecule is CC[N+]([O-])(CC)CCCCC[N+]([O-])(CCCl)CCCl.O=[N+]([O-])c1cc([N+](=O)[O-])c(O)c([N+](=O)[O-])c1.O=[N+]([O-])c1cc([N+](=O)[O-])c(O)c([N+](=O)[O-])c1. The Labute approximate surface area is 297 Å². The summed E-state index contributed by atoms with van der Waals surface area (Å²) in [5, 5.41) is 105. The minimum Gasteiger partial charge on any atom is -0.633 e. The average Bonchev–Trinajstić information content (AvgIpc) is 3.04. The Kier molecular flexibility index (Phi) is 19.0. The number of unbranched alkanes of at least 4 members (excludes halogenated alkanes) is 2. The molecule has 26 heteroatoms. The van der Waals surface area contributed by atoms with Crippen molar-refractivity contribution in [3.05, 3.63) is 95.4 Å². The summed E-state index contributed by atoms with van der Waals surface area (Å²) in [5.74, 6) is -1.68. The molecule has 51 heavy (non-hydrogen) atoms. The zero-order chi connectivity index (χ0) is 39.7. The predicted octanol–water partition coefficient (Wildman–Crippen LogP) is 5.54. The van der Waals surface area contributed by atoms with Crippen molar-refractivity contribution in [2.24, 2.45) is 0 Å². The number of nitro benzene ring substituents is 6. The Bertz CT molecular complexity index is 1410. The Morgan fingerprint density at radius 1 is 0.510 bits per heavy atom. The first-order chi connectivity index (χ1) is 23.6. The average molecular weight is 773 g/mol. The number of phenolic OH excluding ortho intramolecular Hbond substituents is 2. The van der Waals surface area contributed by atoms with Crippen LogP contribution in [0.1, 0.15) is 33.1 Å². The Morgan fingerprint density at radius 2 is 0.784 bits per heavy atom. The lowest BCUT2D eigenvalue weighted by Crippen LogP contribution is -2.46. The second-order valence-corrected chi connectivity index (χ2v) is 11.0. The number of hydrogen-bond acceptors (Lipinski definition) is 16. The van der Waals surface area contributed by atoms with Gasteiger partial charge in [0.2, 0.25) is 0 Å². The standard InChI is InChI=1S/C13H28Cl2N2O2.2C6H3N3O7/c1-3-16(18,4-2)10-6-5-7-11-17(19,12-8-14)13-9-15;2*10-6-4(8(13)14)1-3(7(11)12)2-5(6)9(15)16/h3-13H2,1-2H3;2*1-2,10H. The number of rotatable bonds is 18. The number of phenols is 2. The van der Waals surface area contributed by atoms with Crippen molar-refractivity contribution in [3.63, 3.8) is 0 Å². The fraction of sp³-hybridized carbons (Fsp3) is 0.520. The summed E-state index contributed by atoms with van der Waals surface area (Å²) in [7, 11) is 0. The van der Waals surface area contributed by atoms with Gasteiger partial charge in [0.15, 0.2) is 0 Å². The van der Waals surface area contributed by atoms with Crippen molar-refractivity contribution in [2.75, 3.05) is 51.0 Å². The van der Waals surface area contributed by atoms with Crippen LogP contribution >= 0.6 is 23.2 Å². The van der Waals surface area contributed by atoms with E-state index in [1.165, 1.54) is 0 Å². The van der Waals surface area contributed by atoms with Gasteiger partial charge >= 0.3 is 22.7 Å². The van der Waals surface area contributed by atoms with Gasteiger partial charge in [-0.1, -0.05) is 0 Å². The summed E-state index contributed by atoms with van der Waals surface area (Å²) in [6.07, 6.45) is 2.65. The van der Waals surface area contributed by atoms with Gasteiger partial charge in [0.1, 0.15) is 0 Å². The fourth-order valence-electron chi connectivity index (χ4n) is 4.11. The number of non-ortho nitro benzene ring substituents is 2. The summed E-state index contributed by atoms with van der Waals surface area (Å²) in [4.78, 5) is 55.5. The minimum atomic E-state index is -1.21. The molecular formula is C25H34Cl2N8O16. The number of nitro groups is 6. The van der Waals surface area contributed by atoms with E-state index < -0.39 is 75.2 Å². The lowest BCUT2D eigenvalue weighted by molar-refractivity contribution is -0.878. The molecule has 0 amide bonds. The fourth-order valence-corrected chi connectivity index (χ4v) is 4.72. The molecule has 284 valence electrons. The van der Waals surface area contributed by atoms with Gasteiger partial charge in [0.25, 0.3) is 22.9 Å². The first-order valence-electron chi connectivity index (χ1n) is 14.5. The molecule has 0 saturated carbocycles. The van der Waals surface area contributed by atoms with Crippen LogP contribution in [0, 0.1) is 71.1 Å². The smallest absolute Gasteiger partial charge is 0.324 e. The van der Waals surface area contributed by atoms with Crippen molar-refractivity contribution in [2.45, 2.75) is 33.1 Å². The Balaban J connectivity index is 0.000000738. The number of alkyl halides is 2. The van der Waals surface area contributed by atoms with Gasteiger partial charge in [-0.15, -0.1) is 23.2 Å². The van der Waals surface area contributed by atoms with E-state index >= 15 is 0 Å². The third-order valence-electron chi connectivity index (χ3n) is 7.09. The largest absolute Gasteiger partial charge is 0.633 e. The molecule has 0 fully saturated rings. The summed E-state index contributed by atoms with van der Waals surface area (Å²) < 4.78 is -0.424. The maximum atomic E-state index is 12.3. The van der Waals surface area contributed by atoms with Gasteiger partial charge in [-0.25, -0.2) is 0 Å². The number of aromatic hydroxyl groups is 2. The Morgan fingerprint density at radius 3 is 1.00 bits per heavy atom. The van der Waals surface area contributed by atoms with Crippen molar-refractivity contribution in [1.82, 2.24) is 0 Å². The number of halogens is 2. The summed E-state index contributed by atoms with van der Waals surface area (Å²) >= 11 is 11.3. The molecule has 2 N–H and O–H groups in total. The van der Waals surface area contributed by atoms with Gasteiger partial charge in [-0.2, -0.15) is 0 Å². The van der Waals surface area contributed by atoms with Gasteiger partial charge in [-0.05, 0) is 33.1 Å². The molecule has 0 heterocycles. The zero-order valence-electron chi connectivity index (χ0n) is 27.0. The van der Waals surface area contributed by atoms with Crippen LogP contribution in [0.25, 0.3) is 0 Å². The molecule has 2 aromatic carbocycles. The number of benzene rings is 2. The summed E-state index contributed by atoms with van der Waals surface area (Å²) in [6, 6.07) is 1.79. The maximum Gasteiger partial charge on any atom is 0.324 e. The molecule has 0 aromatic heterocycles. The van der Waals surface area contributed by atoms with Gasteiger partial charge in [-0.3, -0.25) is 60.7 Å². The van der Waals surface area contributed by atoms with Crippen LogP contribution in [-0.2, 0) is 0 Å². The van der Waals surface area contributed by atoms with Crippen molar-refractivity contribution >= 4 is 57.3 Å². The number of quaternary nitrogens is 2. The van der Waals surface area contributed by atoms with E-state index in [0.29, 0.717) is 75.3 Å². The van der Waals surface area contributed by atoms with Gasteiger partial charge in [0.05, 0.1) is 105 Å². The third-order valence-corrected chi connectivity index (χ3v) is 7.42. The van der Waals surface area contributed by atoms with E-state index in [4.69, 9.17) is 33.4 Å². The van der Waals surface area contributed by atoms with Crippen LogP contribution in [0.4, 0.5) is 34.1 Å². The lowest BCUT2D eigenvalue weighted by Gasteiger charge is -2.42. The molecule has 0 atom stereocenters. The predicted molar refractivity (Wildman–Crippen MR) is 179 cm³/mol. The molecule has 0 aliphatic rings. The molecule has 0 saturated heterocycles. The molecule has 2 aromatic rings. The van der Waals surface area contributed by atoms with E-state index in [-0.39, 0.29) is 9.29 Å². The summed E-state index contributed by atoms with van der Waals surface area (Å²) in [5.41, 5.74) is -6.00. The first kappa shape index (κ1) is 45.9. The normalized spacial score (nSPS) is 10.9. The van der Waals surface area contributed by atoms with Crippen molar-refractivity contribution in [1.29, 1.82) is 0 Å². The molecule has 0 bridgehead atoms. The number of hydrogen-bond donors (Lipinski definition) is 2. The molecule has 0 radical (unpaired) electrons. The zero-order valence-corrected chi connectivity index (χ0v) is 28.5. The first-order valence-corrected chi connectivity index (χ1v) is 15.6. The minimum absolute atomic E-state index is 0.124. The highest BCUT2D eigenvalue weighted by molar-refractivity contribution is 6.18. The van der Waals surface area contributed by atoms with Crippen LogP contribution < -0.4 is 0 Å². The van der Waals surface area contributed by atoms with E-state index in [0.717, 1.165) is 19.3 Å². The molecule has 0 spiro atoms. The van der Waals surface area contributed by atoms with E-state index in [9.17, 15) is 71.1 Å². The van der Waals surface area contributed by atoms with Gasteiger partial charge in [0, 0.05) is 0 Å². The molecular weight excluding hydrogens is 739 g/mol. The van der Waals surface area contributed by atoms with Crippen molar-refractivity contribution in [3.8, 4) is 11.5 Å². The van der Waals surface area contributed by atoms with Crippen LogP contribution in [0.15, 0.2) is 24.3 Å². The lowest BCUT2D eigenvalue weighted by atomic mass is 10.2. The molecule has 24 nitrogen and oxygen atoms in total. The number of hydroxylamine groups is 6. The van der Waals surface area contributed by atoms with Gasteiger partial charge < -0.3 is 29.9 Å². The highest BCUT2D eigenvalue weighted by Gasteiger charge is 2.31. The van der Waals surface area contributed by atoms with E-state index in [1.807, 2.05) is 13.8 Å². The highest BCUT2D eigenvalue weighted by atomic mass is 35.5. The van der Waals surface area contributed by atoms with E-state index in [2.05, 4.69) is 0 Å². The molecule has 0 aliphatic heterocycles. The molecule has 2 rings (SSSR count). The monoisotopic (exact) mass is 772 g/mol. The Hall–Kier alpha value is -5.14. The van der Waals surface area contributed by atoms with Crippen molar-refractivity contribution < 1.29 is 49.0 Å². The van der Waals surface area contributed by atoms with Crippen LogP contribution in [0.5, 0.6) is 11.5 Å². The quantitative estimate of drug-likeness (QED) is 0.0617. The number of nitrogens with zero attached hydrogens (tertiary/aromatic N) is 8. The van der Waals surface area contributed by atoms with Crippen LogP contribution in [-0.4, -0.2) is 100 Å². The maximum absolute atomic E-state index is 12.3. The second kappa shape index (κ2) is 21.2.